The van der Waals surface area contributed by atoms with Gasteiger partial charge in [-0.05, 0) is 6.26 Å². The van der Waals surface area contributed by atoms with E-state index in [1.165, 1.54) is 22.5 Å². The van der Waals surface area contributed by atoms with E-state index in [2.05, 4.69) is 25.2 Å². The fraction of sp³-hybridized carbons (Fsp3) is 0.250. The normalized spacial score (nSPS) is 10.2. The molecule has 0 saturated heterocycles. The zero-order chi connectivity index (χ0) is 10.8. The number of hydrogen-bond acceptors (Lipinski definition) is 5. The molecule has 0 radical (unpaired) electrons. The first kappa shape index (κ1) is 9.73. The predicted molar refractivity (Wildman–Crippen MR) is 58.4 cm³/mol. The van der Waals surface area contributed by atoms with Crippen molar-refractivity contribution < 1.29 is 0 Å². The lowest BCUT2D eigenvalue weighted by Gasteiger charge is -2.00. The smallest absolute Gasteiger partial charge is 0.275 e. The molecule has 0 fully saturated rings. The van der Waals surface area contributed by atoms with Crippen molar-refractivity contribution in [1.82, 2.24) is 19.6 Å². The second-order valence-electron chi connectivity index (χ2n) is 2.66. The summed E-state index contributed by atoms with van der Waals surface area (Å²) in [5.74, 6) is 1.02. The van der Waals surface area contributed by atoms with Crippen molar-refractivity contribution in [3.63, 3.8) is 0 Å². The molecule has 0 aliphatic rings. The van der Waals surface area contributed by atoms with E-state index in [1.807, 2.05) is 6.26 Å². The van der Waals surface area contributed by atoms with Crippen LogP contribution in [0, 0.1) is 6.57 Å². The monoisotopic (exact) mass is 220 g/mol. The van der Waals surface area contributed by atoms with Gasteiger partial charge in [-0.3, -0.25) is 0 Å². The molecule has 0 aliphatic heterocycles. The van der Waals surface area contributed by atoms with Gasteiger partial charge in [0.15, 0.2) is 5.82 Å². The van der Waals surface area contributed by atoms with Crippen LogP contribution in [-0.4, -0.2) is 32.9 Å². The van der Waals surface area contributed by atoms with Crippen LogP contribution in [0.15, 0.2) is 11.4 Å². The van der Waals surface area contributed by atoms with Gasteiger partial charge in [-0.2, -0.15) is 4.98 Å². The van der Waals surface area contributed by atoms with Crippen LogP contribution in [-0.2, 0) is 0 Å². The lowest BCUT2D eigenvalue weighted by atomic mass is 10.6. The minimum absolute atomic E-state index is 0.388. The first-order chi connectivity index (χ1) is 7.30. The third kappa shape index (κ3) is 1.49. The highest BCUT2D eigenvalue weighted by molar-refractivity contribution is 7.98. The molecular weight excluding hydrogens is 212 g/mol. The molecule has 0 bridgehead atoms. The number of nitrogens with zero attached hydrogens (tertiary/aromatic N) is 5. The largest absolute Gasteiger partial charge is 0.368 e. The first-order valence-electron chi connectivity index (χ1n) is 4.15. The molecule has 0 amide bonds. The lowest BCUT2D eigenvalue weighted by Crippen LogP contribution is -2.02. The van der Waals surface area contributed by atoms with Crippen molar-refractivity contribution in [2.24, 2.45) is 0 Å². The SMILES string of the molecule is [C-]#[N+]c1cnc2c(NC)nc(SC)nn12. The maximum Gasteiger partial charge on any atom is 0.275 e. The maximum atomic E-state index is 6.97. The Hall–Kier alpha value is -1.81. The summed E-state index contributed by atoms with van der Waals surface area (Å²) < 4.78 is 1.50. The van der Waals surface area contributed by atoms with Gasteiger partial charge in [0.25, 0.3) is 11.5 Å². The van der Waals surface area contributed by atoms with Crippen LogP contribution in [0.5, 0.6) is 0 Å². The summed E-state index contributed by atoms with van der Waals surface area (Å²) in [4.78, 5) is 11.7. The van der Waals surface area contributed by atoms with E-state index in [4.69, 9.17) is 6.57 Å². The average Bonchev–Trinajstić information content (AvgIpc) is 2.70. The summed E-state index contributed by atoms with van der Waals surface area (Å²) in [6, 6.07) is 0. The molecule has 0 aliphatic carbocycles. The van der Waals surface area contributed by atoms with Crippen molar-refractivity contribution in [2.45, 2.75) is 5.16 Å². The van der Waals surface area contributed by atoms with Crippen LogP contribution in [0.3, 0.4) is 0 Å². The summed E-state index contributed by atoms with van der Waals surface area (Å²) >= 11 is 1.42. The summed E-state index contributed by atoms with van der Waals surface area (Å²) in [7, 11) is 1.76. The van der Waals surface area contributed by atoms with Gasteiger partial charge in [0.1, 0.15) is 0 Å². The molecule has 7 heteroatoms. The van der Waals surface area contributed by atoms with E-state index in [-0.39, 0.29) is 0 Å². The molecule has 6 nitrogen and oxygen atoms in total. The molecule has 15 heavy (non-hydrogen) atoms. The van der Waals surface area contributed by atoms with Gasteiger partial charge < -0.3 is 10.2 Å². The fourth-order valence-corrected chi connectivity index (χ4v) is 1.53. The molecule has 2 rings (SSSR count). The van der Waals surface area contributed by atoms with E-state index in [1.54, 1.807) is 7.05 Å². The summed E-state index contributed by atoms with van der Waals surface area (Å²) in [5.41, 5.74) is 0.571. The molecule has 0 saturated carbocycles. The summed E-state index contributed by atoms with van der Waals surface area (Å²) in [6.45, 7) is 6.97. The van der Waals surface area contributed by atoms with Crippen LogP contribution in [0.4, 0.5) is 11.6 Å². The Balaban J connectivity index is 2.79. The number of rotatable bonds is 2. The minimum atomic E-state index is 0.388. The number of hydrogen-bond donors (Lipinski definition) is 1. The van der Waals surface area contributed by atoms with E-state index in [0.717, 1.165) is 0 Å². The quantitative estimate of drug-likeness (QED) is 0.613. The third-order valence-corrected chi connectivity index (χ3v) is 2.40. The molecule has 1 N–H and O–H groups in total. The first-order valence-corrected chi connectivity index (χ1v) is 5.37. The molecule has 2 heterocycles. The van der Waals surface area contributed by atoms with Gasteiger partial charge in [0.2, 0.25) is 5.16 Å². The lowest BCUT2D eigenvalue weighted by molar-refractivity contribution is 0.807. The molecule has 0 aromatic carbocycles. The topological polar surface area (TPSA) is 59.5 Å². The molecule has 0 atom stereocenters. The van der Waals surface area contributed by atoms with Gasteiger partial charge in [-0.25, -0.2) is 4.98 Å². The maximum absolute atomic E-state index is 6.97. The van der Waals surface area contributed by atoms with E-state index >= 15 is 0 Å². The second-order valence-corrected chi connectivity index (χ2v) is 3.43. The summed E-state index contributed by atoms with van der Waals surface area (Å²) in [6.07, 6.45) is 3.37. The van der Waals surface area contributed by atoms with Crippen LogP contribution < -0.4 is 5.32 Å². The average molecular weight is 220 g/mol. The number of thioether (sulfide) groups is 1. The second kappa shape index (κ2) is 3.74. The molecule has 76 valence electrons. The highest BCUT2D eigenvalue weighted by Gasteiger charge is 2.13. The van der Waals surface area contributed by atoms with Crippen LogP contribution in [0.2, 0.25) is 0 Å². The number of nitrogens with one attached hydrogen (secondary N) is 1. The standard InChI is InChI=1S/C8H8N6S/c1-9-5-4-11-7-6(10-2)12-8(15-3)13-14(5)7/h4H,2-3H3,(H,10,12,13). The number of anilines is 1. The van der Waals surface area contributed by atoms with Gasteiger partial charge >= 0.3 is 0 Å². The van der Waals surface area contributed by atoms with Crippen molar-refractivity contribution in [3.05, 3.63) is 17.6 Å². The van der Waals surface area contributed by atoms with Gasteiger partial charge in [-0.15, -0.1) is 4.52 Å². The van der Waals surface area contributed by atoms with Crippen LogP contribution >= 0.6 is 11.8 Å². The van der Waals surface area contributed by atoms with Crippen LogP contribution in [0.25, 0.3) is 10.5 Å². The molecule has 0 unspecified atom stereocenters. The number of aromatic nitrogens is 4. The van der Waals surface area contributed by atoms with Crippen molar-refractivity contribution in [2.75, 3.05) is 18.6 Å². The summed E-state index contributed by atoms with van der Waals surface area (Å²) in [5, 5.41) is 7.72. The molecule has 0 spiro atoms. The van der Waals surface area contributed by atoms with E-state index in [0.29, 0.717) is 22.4 Å². The van der Waals surface area contributed by atoms with E-state index < -0.39 is 0 Å². The van der Waals surface area contributed by atoms with Crippen molar-refractivity contribution >= 4 is 29.0 Å². The van der Waals surface area contributed by atoms with E-state index in [9.17, 15) is 0 Å². The molecular formula is C8H8N6S. The fourth-order valence-electron chi connectivity index (χ4n) is 1.18. The Morgan fingerprint density at radius 2 is 2.40 bits per heavy atom. The highest BCUT2D eigenvalue weighted by Crippen LogP contribution is 2.21. The Bertz CT molecular complexity index is 540. The molecule has 2 aromatic rings. The Morgan fingerprint density at radius 3 is 3.00 bits per heavy atom. The van der Waals surface area contributed by atoms with Crippen molar-refractivity contribution in [3.8, 4) is 0 Å². The van der Waals surface area contributed by atoms with Gasteiger partial charge in [0, 0.05) is 7.05 Å². The third-order valence-electron chi connectivity index (χ3n) is 1.86. The zero-order valence-corrected chi connectivity index (χ0v) is 9.04. The van der Waals surface area contributed by atoms with Crippen molar-refractivity contribution in [1.29, 1.82) is 0 Å². The minimum Gasteiger partial charge on any atom is -0.368 e. The number of fused-ring (bicyclic) bond motifs is 1. The predicted octanol–water partition coefficient (Wildman–Crippen LogP) is 1.44. The number of imidazole rings is 1. The Kier molecular flexibility index (Phi) is 2.43. The zero-order valence-electron chi connectivity index (χ0n) is 8.22. The Labute approximate surface area is 90.5 Å². The molecule has 2 aromatic heterocycles. The van der Waals surface area contributed by atoms with Gasteiger partial charge in [-0.1, -0.05) is 23.4 Å². The Morgan fingerprint density at radius 1 is 1.60 bits per heavy atom. The van der Waals surface area contributed by atoms with Crippen LogP contribution in [0.1, 0.15) is 0 Å². The van der Waals surface area contributed by atoms with Gasteiger partial charge in [0.05, 0.1) is 6.20 Å². The highest BCUT2D eigenvalue weighted by atomic mass is 32.2.